The molecule has 1 atom stereocenters. The van der Waals surface area contributed by atoms with Crippen LogP contribution in [0.1, 0.15) is 31.0 Å². The molecule has 0 aliphatic rings. The molecule has 4 nitrogen and oxygen atoms in total. The van der Waals surface area contributed by atoms with E-state index in [0.717, 1.165) is 11.1 Å². The Bertz CT molecular complexity index is 350. The Kier molecular flexibility index (Phi) is 3.31. The number of aromatic nitrogens is 1. The first kappa shape index (κ1) is 11.9. The van der Waals surface area contributed by atoms with Gasteiger partial charge in [0.05, 0.1) is 11.6 Å². The first-order valence-electron chi connectivity index (χ1n) is 4.91. The number of nitrogen functional groups attached to an aromatic ring is 1. The van der Waals surface area contributed by atoms with E-state index in [1.165, 1.54) is 0 Å². The molecule has 84 valence electrons. The molecule has 15 heavy (non-hydrogen) atoms. The molecule has 1 heterocycles. The maximum absolute atomic E-state index is 6.11. The molecule has 1 unspecified atom stereocenters. The van der Waals surface area contributed by atoms with E-state index in [1.54, 1.807) is 13.3 Å². The fourth-order valence-corrected chi connectivity index (χ4v) is 1.35. The highest BCUT2D eigenvalue weighted by Gasteiger charge is 2.29. The number of pyridine rings is 1. The summed E-state index contributed by atoms with van der Waals surface area (Å²) < 4.78 is 5.34. The van der Waals surface area contributed by atoms with Crippen LogP contribution in [0.5, 0.6) is 0 Å². The minimum Gasteiger partial charge on any atom is -0.383 e. The van der Waals surface area contributed by atoms with E-state index in [-0.39, 0.29) is 6.04 Å². The molecule has 4 heteroatoms. The smallest absolute Gasteiger partial charge is 0.128 e. The summed E-state index contributed by atoms with van der Waals surface area (Å²) in [5, 5.41) is 0. The third kappa shape index (κ3) is 2.46. The summed E-state index contributed by atoms with van der Waals surface area (Å²) in [6.07, 6.45) is 1.73. The van der Waals surface area contributed by atoms with Crippen molar-refractivity contribution < 1.29 is 4.74 Å². The van der Waals surface area contributed by atoms with Crippen LogP contribution >= 0.6 is 0 Å². The highest BCUT2D eigenvalue weighted by molar-refractivity contribution is 5.43. The number of methoxy groups -OCH3 is 1. The van der Waals surface area contributed by atoms with Crippen LogP contribution in [0.25, 0.3) is 0 Å². The topological polar surface area (TPSA) is 74.2 Å². The normalized spacial score (nSPS) is 13.9. The third-order valence-corrected chi connectivity index (χ3v) is 2.70. The number of anilines is 1. The minimum atomic E-state index is -0.455. The van der Waals surface area contributed by atoms with Gasteiger partial charge in [0.25, 0.3) is 0 Å². The molecule has 1 aromatic rings. The second-order valence-electron chi connectivity index (χ2n) is 4.27. The monoisotopic (exact) mass is 209 g/mol. The van der Waals surface area contributed by atoms with Gasteiger partial charge in [0.1, 0.15) is 5.82 Å². The second kappa shape index (κ2) is 4.16. The Hall–Kier alpha value is -1.13. The molecule has 0 aromatic carbocycles. The summed E-state index contributed by atoms with van der Waals surface area (Å²) in [6.45, 7) is 5.82. The molecule has 0 amide bonds. The fourth-order valence-electron chi connectivity index (χ4n) is 1.35. The summed E-state index contributed by atoms with van der Waals surface area (Å²) >= 11 is 0. The predicted octanol–water partition coefficient (Wildman–Crippen LogP) is 1.40. The van der Waals surface area contributed by atoms with Crippen LogP contribution in [0.4, 0.5) is 5.82 Å². The summed E-state index contributed by atoms with van der Waals surface area (Å²) in [7, 11) is 1.64. The highest BCUT2D eigenvalue weighted by Crippen LogP contribution is 2.29. The highest BCUT2D eigenvalue weighted by atomic mass is 16.5. The molecule has 0 aliphatic carbocycles. The van der Waals surface area contributed by atoms with E-state index >= 15 is 0 Å². The van der Waals surface area contributed by atoms with E-state index in [0.29, 0.717) is 5.82 Å². The maximum Gasteiger partial charge on any atom is 0.128 e. The van der Waals surface area contributed by atoms with E-state index in [2.05, 4.69) is 4.98 Å². The van der Waals surface area contributed by atoms with Gasteiger partial charge in [-0.2, -0.15) is 0 Å². The van der Waals surface area contributed by atoms with Crippen molar-refractivity contribution in [3.8, 4) is 0 Å². The van der Waals surface area contributed by atoms with Crippen molar-refractivity contribution in [2.75, 3.05) is 12.8 Å². The van der Waals surface area contributed by atoms with Gasteiger partial charge in [0, 0.05) is 18.9 Å². The first-order chi connectivity index (χ1) is 6.88. The van der Waals surface area contributed by atoms with Crippen LogP contribution in [0.15, 0.2) is 12.3 Å². The Morgan fingerprint density at radius 3 is 2.60 bits per heavy atom. The molecule has 0 aliphatic heterocycles. The Labute approximate surface area is 90.6 Å². The van der Waals surface area contributed by atoms with Crippen molar-refractivity contribution in [3.63, 3.8) is 0 Å². The van der Waals surface area contributed by atoms with Crippen LogP contribution in [0.2, 0.25) is 0 Å². The fraction of sp³-hybridized carbons (Fsp3) is 0.545. The minimum absolute atomic E-state index is 0.283. The van der Waals surface area contributed by atoms with Gasteiger partial charge in [-0.1, -0.05) is 0 Å². The molecular formula is C11H19N3O. The van der Waals surface area contributed by atoms with Gasteiger partial charge < -0.3 is 16.2 Å². The van der Waals surface area contributed by atoms with Crippen molar-refractivity contribution in [2.45, 2.75) is 32.4 Å². The van der Waals surface area contributed by atoms with E-state index in [4.69, 9.17) is 16.2 Å². The zero-order valence-corrected chi connectivity index (χ0v) is 9.74. The average molecular weight is 209 g/mol. The summed E-state index contributed by atoms with van der Waals surface area (Å²) in [6, 6.07) is 1.67. The molecule has 0 fully saturated rings. The number of rotatable bonds is 3. The second-order valence-corrected chi connectivity index (χ2v) is 4.27. The number of nitrogens with two attached hydrogens (primary N) is 2. The maximum atomic E-state index is 6.11. The van der Waals surface area contributed by atoms with Gasteiger partial charge in [-0.05, 0) is 32.4 Å². The van der Waals surface area contributed by atoms with Crippen LogP contribution in [-0.4, -0.2) is 17.7 Å². The lowest BCUT2D eigenvalue weighted by Gasteiger charge is -2.30. The average Bonchev–Trinajstić information content (AvgIpc) is 2.20. The molecule has 0 spiro atoms. The molecule has 1 aromatic heterocycles. The number of nitrogens with zero attached hydrogens (tertiary/aromatic N) is 1. The molecule has 1 rings (SSSR count). The van der Waals surface area contributed by atoms with Gasteiger partial charge in [0.15, 0.2) is 0 Å². The molecule has 0 saturated carbocycles. The Balaban J connectivity index is 3.10. The lowest BCUT2D eigenvalue weighted by molar-refractivity contribution is 0.0000667. The number of hydrogen-bond acceptors (Lipinski definition) is 4. The molecular weight excluding hydrogens is 190 g/mol. The zero-order valence-electron chi connectivity index (χ0n) is 9.74. The Morgan fingerprint density at radius 2 is 2.07 bits per heavy atom. The number of aryl methyl sites for hydroxylation is 1. The largest absolute Gasteiger partial charge is 0.383 e. The molecule has 0 bridgehead atoms. The summed E-state index contributed by atoms with van der Waals surface area (Å²) in [4.78, 5) is 4.09. The van der Waals surface area contributed by atoms with Gasteiger partial charge >= 0.3 is 0 Å². The predicted molar refractivity (Wildman–Crippen MR) is 61.4 cm³/mol. The van der Waals surface area contributed by atoms with Gasteiger partial charge in [0.2, 0.25) is 0 Å². The van der Waals surface area contributed by atoms with Crippen molar-refractivity contribution in [2.24, 2.45) is 5.73 Å². The standard InChI is InChI=1S/C11H19N3O/c1-7-5-8(10(13)14-6-7)9(12)11(2,3)15-4/h5-6,9H,12H2,1-4H3,(H2,13,14). The third-order valence-electron chi connectivity index (χ3n) is 2.70. The van der Waals surface area contributed by atoms with Crippen molar-refractivity contribution in [1.29, 1.82) is 0 Å². The number of hydrogen-bond donors (Lipinski definition) is 2. The number of ether oxygens (including phenoxy) is 1. The van der Waals surface area contributed by atoms with Gasteiger partial charge in [-0.15, -0.1) is 0 Å². The van der Waals surface area contributed by atoms with Crippen LogP contribution in [0, 0.1) is 6.92 Å². The van der Waals surface area contributed by atoms with Crippen molar-refractivity contribution in [1.82, 2.24) is 4.98 Å². The summed E-state index contributed by atoms with van der Waals surface area (Å²) in [5.41, 5.74) is 13.3. The molecule has 0 radical (unpaired) electrons. The molecule has 4 N–H and O–H groups in total. The summed E-state index contributed by atoms with van der Waals surface area (Å²) in [5.74, 6) is 0.471. The lowest BCUT2D eigenvalue weighted by Crippen LogP contribution is -2.37. The first-order valence-corrected chi connectivity index (χ1v) is 4.91. The van der Waals surface area contributed by atoms with E-state index in [1.807, 2.05) is 26.8 Å². The van der Waals surface area contributed by atoms with Crippen LogP contribution in [0.3, 0.4) is 0 Å². The van der Waals surface area contributed by atoms with Crippen LogP contribution < -0.4 is 11.5 Å². The van der Waals surface area contributed by atoms with Crippen molar-refractivity contribution >= 4 is 5.82 Å². The van der Waals surface area contributed by atoms with Gasteiger partial charge in [-0.3, -0.25) is 0 Å². The Morgan fingerprint density at radius 1 is 1.47 bits per heavy atom. The van der Waals surface area contributed by atoms with Crippen molar-refractivity contribution in [3.05, 3.63) is 23.4 Å². The van der Waals surface area contributed by atoms with Gasteiger partial charge in [-0.25, -0.2) is 4.98 Å². The lowest BCUT2D eigenvalue weighted by atomic mass is 9.92. The van der Waals surface area contributed by atoms with Crippen LogP contribution in [-0.2, 0) is 4.74 Å². The van der Waals surface area contributed by atoms with E-state index < -0.39 is 5.60 Å². The quantitative estimate of drug-likeness (QED) is 0.789. The SMILES string of the molecule is COC(C)(C)C(N)c1cc(C)cnc1N. The van der Waals surface area contributed by atoms with E-state index in [9.17, 15) is 0 Å². The zero-order chi connectivity index (χ0) is 11.6. The molecule has 0 saturated heterocycles.